The van der Waals surface area contributed by atoms with Crippen molar-refractivity contribution in [2.24, 2.45) is 0 Å². The molecule has 8 rings (SSSR count). The molecule has 0 fully saturated rings. The van der Waals surface area contributed by atoms with Crippen LogP contribution >= 0.6 is 0 Å². The highest BCUT2D eigenvalue weighted by Gasteiger charge is 2.22. The Labute approximate surface area is 278 Å². The third kappa shape index (κ3) is 4.79. The van der Waals surface area contributed by atoms with Crippen LogP contribution in [0.1, 0.15) is 22.3 Å². The van der Waals surface area contributed by atoms with E-state index in [9.17, 15) is 5.26 Å². The van der Waals surface area contributed by atoms with Crippen molar-refractivity contribution in [2.75, 3.05) is 0 Å². The van der Waals surface area contributed by atoms with E-state index in [4.69, 9.17) is 14.9 Å². The fourth-order valence-electron chi connectivity index (χ4n) is 6.62. The second-order valence-corrected chi connectivity index (χ2v) is 11.9. The van der Waals surface area contributed by atoms with E-state index in [1.54, 1.807) is 12.3 Å². The maximum atomic E-state index is 10.3. The summed E-state index contributed by atoms with van der Waals surface area (Å²) >= 11 is 0. The molecule has 3 aromatic heterocycles. The predicted molar refractivity (Wildman–Crippen MR) is 190 cm³/mol. The monoisotopic (exact) mass is 622 g/mol. The van der Waals surface area contributed by atoms with Gasteiger partial charge in [-0.1, -0.05) is 78.9 Å². The summed E-state index contributed by atoms with van der Waals surface area (Å²) < 4.78 is 10.8. The highest BCUT2D eigenvalue weighted by molar-refractivity contribution is 6.12. The summed E-state index contributed by atoms with van der Waals surface area (Å²) in [5.74, 6) is 3.41. The average molecular weight is 623 g/mol. The number of hydrogen-bond donors (Lipinski definition) is 0. The van der Waals surface area contributed by atoms with Gasteiger partial charge in [0.2, 0.25) is 0 Å². The van der Waals surface area contributed by atoms with Gasteiger partial charge in [0.15, 0.2) is 11.6 Å². The molecule has 7 nitrogen and oxygen atoms in total. The number of para-hydroxylation sites is 2. The van der Waals surface area contributed by atoms with Crippen LogP contribution in [0.3, 0.4) is 0 Å². The van der Waals surface area contributed by atoms with Gasteiger partial charge in [0, 0.05) is 34.2 Å². The van der Waals surface area contributed by atoms with Gasteiger partial charge >= 0.3 is 0 Å². The van der Waals surface area contributed by atoms with Crippen LogP contribution in [0.2, 0.25) is 0 Å². The van der Waals surface area contributed by atoms with Crippen LogP contribution in [0.4, 0.5) is 0 Å². The minimum Gasteiger partial charge on any atom is -0.457 e. The number of hydrogen-bond acceptors (Lipinski definition) is 5. The lowest BCUT2D eigenvalue weighted by molar-refractivity contribution is 0.483. The smallest absolute Gasteiger partial charge is 0.169 e. The fraction of sp³-hybridized carbons (Fsp3) is 0.0732. The minimum atomic E-state index is 0.530. The number of fused-ring (bicyclic) bond motifs is 3. The molecule has 0 amide bonds. The van der Waals surface area contributed by atoms with Crippen molar-refractivity contribution in [3.8, 4) is 51.8 Å². The maximum absolute atomic E-state index is 10.3. The van der Waals surface area contributed by atoms with Gasteiger partial charge in [0.1, 0.15) is 17.3 Å². The van der Waals surface area contributed by atoms with Crippen LogP contribution in [0, 0.1) is 32.1 Å². The summed E-state index contributed by atoms with van der Waals surface area (Å²) in [7, 11) is 0. The van der Waals surface area contributed by atoms with Crippen LogP contribution in [0.15, 0.2) is 128 Å². The summed E-state index contributed by atoms with van der Waals surface area (Å²) in [5, 5.41) is 21.7. The molecule has 3 heterocycles. The molecule has 0 aliphatic rings. The van der Waals surface area contributed by atoms with E-state index in [1.165, 1.54) is 0 Å². The summed E-state index contributed by atoms with van der Waals surface area (Å²) in [5.41, 5.74) is 8.63. The number of aryl methyl sites for hydroxylation is 3. The van der Waals surface area contributed by atoms with Crippen molar-refractivity contribution in [1.82, 2.24) is 24.3 Å². The number of rotatable bonds is 6. The standard InChI is InChI=1S/C41H30N6O/c1-26-12-4-5-17-33(26)41-45-44-40(47(41)39-27(2)13-10-14-28(39)3)29-15-11-16-31(22-29)48-32-23-30(25-42)38-34-18-6-7-19-35(34)46(36(38)24-32)37-20-8-9-21-43-37/h4-24H,1-3H3. The van der Waals surface area contributed by atoms with Crippen molar-refractivity contribution in [3.05, 3.63) is 150 Å². The summed E-state index contributed by atoms with van der Waals surface area (Å²) in [6.07, 6.45) is 1.77. The molecule has 8 aromatic rings. The predicted octanol–water partition coefficient (Wildman–Crippen LogP) is 9.68. The van der Waals surface area contributed by atoms with Crippen LogP contribution in [0.5, 0.6) is 11.5 Å². The molecule has 0 saturated heterocycles. The third-order valence-corrected chi connectivity index (χ3v) is 8.79. The maximum Gasteiger partial charge on any atom is 0.169 e. The van der Waals surface area contributed by atoms with Gasteiger partial charge in [-0.2, -0.15) is 5.26 Å². The van der Waals surface area contributed by atoms with Crippen molar-refractivity contribution in [3.63, 3.8) is 0 Å². The van der Waals surface area contributed by atoms with E-state index in [-0.39, 0.29) is 0 Å². The molecule has 48 heavy (non-hydrogen) atoms. The normalized spacial score (nSPS) is 11.2. The number of ether oxygens (including phenoxy) is 1. The molecule has 0 N–H and O–H groups in total. The van der Waals surface area contributed by atoms with Gasteiger partial charge in [0.25, 0.3) is 0 Å². The van der Waals surface area contributed by atoms with Gasteiger partial charge in [0.05, 0.1) is 28.4 Å². The Bertz CT molecular complexity index is 2520. The molecule has 0 bridgehead atoms. The van der Waals surface area contributed by atoms with Gasteiger partial charge in [-0.05, 0) is 73.9 Å². The second kappa shape index (κ2) is 11.7. The van der Waals surface area contributed by atoms with Gasteiger partial charge < -0.3 is 4.74 Å². The lowest BCUT2D eigenvalue weighted by atomic mass is 10.1. The van der Waals surface area contributed by atoms with Crippen LogP contribution in [-0.2, 0) is 0 Å². The molecule has 0 atom stereocenters. The molecule has 0 unspecified atom stereocenters. The van der Waals surface area contributed by atoms with E-state index in [0.717, 1.165) is 67.0 Å². The first-order valence-corrected chi connectivity index (χ1v) is 15.8. The Morgan fingerprint density at radius 1 is 0.625 bits per heavy atom. The van der Waals surface area contributed by atoms with E-state index < -0.39 is 0 Å². The van der Waals surface area contributed by atoms with Crippen molar-refractivity contribution in [1.29, 1.82) is 5.26 Å². The molecule has 0 saturated carbocycles. The topological polar surface area (TPSA) is 81.6 Å². The largest absolute Gasteiger partial charge is 0.457 e. The Kier molecular flexibility index (Phi) is 7.04. The quantitative estimate of drug-likeness (QED) is 0.184. The lowest BCUT2D eigenvalue weighted by Crippen LogP contribution is -2.05. The Balaban J connectivity index is 1.27. The molecule has 230 valence electrons. The van der Waals surface area contributed by atoms with Gasteiger partial charge in [-0.15, -0.1) is 10.2 Å². The van der Waals surface area contributed by atoms with Gasteiger partial charge in [-0.25, -0.2) is 4.98 Å². The molecule has 0 radical (unpaired) electrons. The van der Waals surface area contributed by atoms with E-state index in [0.29, 0.717) is 22.9 Å². The molecule has 7 heteroatoms. The molecule has 0 aliphatic carbocycles. The van der Waals surface area contributed by atoms with Crippen LogP contribution < -0.4 is 4.74 Å². The zero-order chi connectivity index (χ0) is 32.8. The summed E-state index contributed by atoms with van der Waals surface area (Å²) in [6.45, 7) is 6.31. The second-order valence-electron chi connectivity index (χ2n) is 11.9. The van der Waals surface area contributed by atoms with Crippen molar-refractivity contribution >= 4 is 21.8 Å². The highest BCUT2D eigenvalue weighted by atomic mass is 16.5. The molecular formula is C41H30N6O. The number of nitriles is 1. The van der Waals surface area contributed by atoms with Crippen molar-refractivity contribution in [2.45, 2.75) is 20.8 Å². The Morgan fingerprint density at radius 3 is 2.15 bits per heavy atom. The Hall–Kier alpha value is -6.52. The first kappa shape index (κ1) is 28.9. The SMILES string of the molecule is Cc1ccccc1-c1nnc(-c2cccc(Oc3cc(C#N)c4c5ccccc5n(-c5ccccn5)c4c3)c2)n1-c1c(C)cccc1C. The molecule has 5 aromatic carbocycles. The zero-order valence-corrected chi connectivity index (χ0v) is 26.7. The minimum absolute atomic E-state index is 0.530. The molecule has 0 spiro atoms. The van der Waals surface area contributed by atoms with Crippen LogP contribution in [0.25, 0.3) is 56.1 Å². The molecular weight excluding hydrogens is 592 g/mol. The first-order chi connectivity index (χ1) is 23.5. The van der Waals surface area contributed by atoms with Gasteiger partial charge in [-0.3, -0.25) is 9.13 Å². The third-order valence-electron chi connectivity index (χ3n) is 8.79. The zero-order valence-electron chi connectivity index (χ0n) is 26.7. The van der Waals surface area contributed by atoms with Crippen LogP contribution in [-0.4, -0.2) is 24.3 Å². The fourth-order valence-corrected chi connectivity index (χ4v) is 6.62. The van der Waals surface area contributed by atoms with E-state index in [2.05, 4.69) is 71.3 Å². The summed E-state index contributed by atoms with van der Waals surface area (Å²) in [6, 6.07) is 42.5. The lowest BCUT2D eigenvalue weighted by Gasteiger charge is -2.17. The number of aromatic nitrogens is 5. The highest BCUT2D eigenvalue weighted by Crippen LogP contribution is 2.39. The first-order valence-electron chi connectivity index (χ1n) is 15.8. The van der Waals surface area contributed by atoms with E-state index >= 15 is 0 Å². The van der Waals surface area contributed by atoms with Crippen molar-refractivity contribution < 1.29 is 4.74 Å². The number of pyridine rings is 1. The summed E-state index contributed by atoms with van der Waals surface area (Å²) in [4.78, 5) is 4.63. The average Bonchev–Trinajstić information content (AvgIpc) is 3.68. The number of benzene rings is 5. The molecule has 0 aliphatic heterocycles. The van der Waals surface area contributed by atoms with E-state index in [1.807, 2.05) is 84.9 Å². The Morgan fingerprint density at radius 2 is 1.35 bits per heavy atom. The number of nitrogens with zero attached hydrogens (tertiary/aromatic N) is 6.